The van der Waals surface area contributed by atoms with Crippen molar-refractivity contribution in [3.63, 3.8) is 0 Å². The Morgan fingerprint density at radius 1 is 1.22 bits per heavy atom. The maximum atomic E-state index is 12.5. The largest absolute Gasteiger partial charge is 0.328 e. The highest BCUT2D eigenvalue weighted by atomic mass is 16.6. The fourth-order valence-corrected chi connectivity index (χ4v) is 2.77. The summed E-state index contributed by atoms with van der Waals surface area (Å²) < 4.78 is 1.06. The van der Waals surface area contributed by atoms with Gasteiger partial charge in [0.1, 0.15) is 0 Å². The lowest BCUT2D eigenvalue weighted by molar-refractivity contribution is -0.385. The number of fused-ring (bicyclic) bond motifs is 1. The van der Waals surface area contributed by atoms with Crippen molar-refractivity contribution in [1.82, 2.24) is 9.55 Å². The van der Waals surface area contributed by atoms with E-state index in [1.165, 1.54) is 24.3 Å². The molecule has 0 fully saturated rings. The molecule has 2 aromatic carbocycles. The number of carbonyl (C=O) groups excluding carboxylic acids is 1. The van der Waals surface area contributed by atoms with E-state index in [9.17, 15) is 24.5 Å². The van der Waals surface area contributed by atoms with Crippen molar-refractivity contribution in [2.45, 2.75) is 20.4 Å². The summed E-state index contributed by atoms with van der Waals surface area (Å²) in [5.41, 5.74) is 0.114. The Morgan fingerprint density at radius 2 is 1.96 bits per heavy atom. The molecule has 0 saturated heterocycles. The number of H-pyrrole nitrogens is 1. The molecule has 0 atom stereocenters. The number of aromatic amines is 1. The van der Waals surface area contributed by atoms with Gasteiger partial charge in [-0.15, -0.1) is 0 Å². The fourth-order valence-electron chi connectivity index (χ4n) is 2.77. The van der Waals surface area contributed by atoms with Crippen LogP contribution < -0.4 is 16.6 Å². The molecular weight excluding hydrogens is 352 g/mol. The second-order valence-corrected chi connectivity index (χ2v) is 5.95. The highest BCUT2D eigenvalue weighted by Crippen LogP contribution is 2.23. The van der Waals surface area contributed by atoms with Gasteiger partial charge in [-0.2, -0.15) is 0 Å². The van der Waals surface area contributed by atoms with Crippen molar-refractivity contribution in [2.24, 2.45) is 0 Å². The van der Waals surface area contributed by atoms with Gasteiger partial charge >= 0.3 is 5.69 Å². The Balaban J connectivity index is 1.97. The number of nitro groups is 1. The van der Waals surface area contributed by atoms with Crippen molar-refractivity contribution in [2.75, 3.05) is 5.32 Å². The van der Waals surface area contributed by atoms with Crippen LogP contribution in [-0.2, 0) is 6.54 Å². The first-order valence-corrected chi connectivity index (χ1v) is 8.15. The van der Waals surface area contributed by atoms with E-state index in [2.05, 4.69) is 10.3 Å². The standard InChI is InChI=1S/C18H16N4O5/c1-3-21-17(24)13-7-5-11(8-14(13)20-18(21)25)16(23)19-12-6-4-10(2)15(9-12)22(26)27/h4-9H,3H2,1-2H3,(H,19,23)(H,20,25). The molecule has 138 valence electrons. The van der Waals surface area contributed by atoms with Crippen LogP contribution in [-0.4, -0.2) is 20.4 Å². The van der Waals surface area contributed by atoms with Crippen LogP contribution >= 0.6 is 0 Å². The molecular formula is C18H16N4O5. The van der Waals surface area contributed by atoms with E-state index < -0.39 is 22.1 Å². The summed E-state index contributed by atoms with van der Waals surface area (Å²) in [6, 6.07) is 8.69. The predicted molar refractivity (Wildman–Crippen MR) is 100 cm³/mol. The second kappa shape index (κ2) is 6.87. The summed E-state index contributed by atoms with van der Waals surface area (Å²) in [6.45, 7) is 3.52. The Bertz CT molecular complexity index is 1190. The molecule has 0 aliphatic rings. The van der Waals surface area contributed by atoms with Crippen molar-refractivity contribution in [3.8, 4) is 0 Å². The summed E-state index contributed by atoms with van der Waals surface area (Å²) in [5.74, 6) is -0.518. The number of aromatic nitrogens is 2. The molecule has 3 rings (SSSR count). The number of hydrogen-bond acceptors (Lipinski definition) is 5. The van der Waals surface area contributed by atoms with Gasteiger partial charge in [0.2, 0.25) is 0 Å². The van der Waals surface area contributed by atoms with Gasteiger partial charge in [0.15, 0.2) is 0 Å². The van der Waals surface area contributed by atoms with Crippen LogP contribution in [0.4, 0.5) is 11.4 Å². The number of aryl methyl sites for hydroxylation is 1. The van der Waals surface area contributed by atoms with Crippen LogP contribution in [0, 0.1) is 17.0 Å². The third-order valence-corrected chi connectivity index (χ3v) is 4.22. The van der Waals surface area contributed by atoms with Crippen molar-refractivity contribution in [1.29, 1.82) is 0 Å². The number of nitro benzene ring substituents is 1. The molecule has 1 aromatic heterocycles. The van der Waals surface area contributed by atoms with E-state index in [1.807, 2.05) is 0 Å². The summed E-state index contributed by atoms with van der Waals surface area (Å²) in [6.07, 6.45) is 0. The third kappa shape index (κ3) is 3.34. The average molecular weight is 368 g/mol. The molecule has 9 nitrogen and oxygen atoms in total. The molecule has 9 heteroatoms. The van der Waals surface area contributed by atoms with E-state index >= 15 is 0 Å². The van der Waals surface area contributed by atoms with Crippen LogP contribution in [0.25, 0.3) is 10.9 Å². The zero-order valence-electron chi connectivity index (χ0n) is 14.6. The van der Waals surface area contributed by atoms with E-state index in [0.717, 1.165) is 4.57 Å². The van der Waals surface area contributed by atoms with E-state index in [4.69, 9.17) is 0 Å². The Hall–Kier alpha value is -3.75. The normalized spacial score (nSPS) is 10.7. The molecule has 0 aliphatic carbocycles. The van der Waals surface area contributed by atoms with Gasteiger partial charge in [0, 0.05) is 29.4 Å². The molecule has 1 amide bonds. The van der Waals surface area contributed by atoms with Crippen LogP contribution in [0.5, 0.6) is 0 Å². The first-order chi connectivity index (χ1) is 12.8. The lowest BCUT2D eigenvalue weighted by atomic mass is 10.1. The van der Waals surface area contributed by atoms with E-state index in [0.29, 0.717) is 10.9 Å². The first kappa shape index (κ1) is 18.1. The summed E-state index contributed by atoms with van der Waals surface area (Å²) in [5, 5.41) is 13.9. The minimum absolute atomic E-state index is 0.101. The molecule has 1 heterocycles. The fraction of sp³-hybridized carbons (Fsp3) is 0.167. The zero-order chi connectivity index (χ0) is 19.7. The minimum atomic E-state index is -0.554. The third-order valence-electron chi connectivity index (χ3n) is 4.22. The topological polar surface area (TPSA) is 127 Å². The number of nitrogens with one attached hydrogen (secondary N) is 2. The number of carbonyl (C=O) groups is 1. The van der Waals surface area contributed by atoms with Gasteiger partial charge in [-0.3, -0.25) is 24.3 Å². The van der Waals surface area contributed by atoms with E-state index in [1.54, 1.807) is 26.0 Å². The Morgan fingerprint density at radius 3 is 2.63 bits per heavy atom. The van der Waals surface area contributed by atoms with Crippen molar-refractivity contribution >= 4 is 28.2 Å². The molecule has 0 unspecified atom stereocenters. The van der Waals surface area contributed by atoms with Crippen LogP contribution in [0.15, 0.2) is 46.0 Å². The maximum absolute atomic E-state index is 12.5. The molecule has 27 heavy (non-hydrogen) atoms. The molecule has 3 aromatic rings. The zero-order valence-corrected chi connectivity index (χ0v) is 14.6. The summed E-state index contributed by atoms with van der Waals surface area (Å²) in [7, 11) is 0. The molecule has 0 aliphatic heterocycles. The average Bonchev–Trinajstić information content (AvgIpc) is 2.62. The Labute approximate surface area is 152 Å². The smallest absolute Gasteiger partial charge is 0.322 e. The van der Waals surface area contributed by atoms with Gasteiger partial charge in [-0.05, 0) is 38.1 Å². The SMILES string of the molecule is CCn1c(=O)[nH]c2cc(C(=O)Nc3ccc(C)c([N+](=O)[O-])c3)ccc2c1=O. The number of nitrogens with zero attached hydrogens (tertiary/aromatic N) is 2. The van der Waals surface area contributed by atoms with Gasteiger partial charge in [-0.1, -0.05) is 6.07 Å². The number of amides is 1. The quantitative estimate of drug-likeness (QED) is 0.539. The van der Waals surface area contributed by atoms with Crippen LogP contribution in [0.3, 0.4) is 0 Å². The molecule has 0 spiro atoms. The van der Waals surface area contributed by atoms with Gasteiger partial charge < -0.3 is 10.3 Å². The monoisotopic (exact) mass is 368 g/mol. The Kier molecular flexibility index (Phi) is 4.59. The lowest BCUT2D eigenvalue weighted by Gasteiger charge is -2.08. The van der Waals surface area contributed by atoms with Crippen LogP contribution in [0.2, 0.25) is 0 Å². The van der Waals surface area contributed by atoms with Gasteiger partial charge in [0.05, 0.1) is 15.8 Å². The van der Waals surface area contributed by atoms with Crippen LogP contribution in [0.1, 0.15) is 22.8 Å². The van der Waals surface area contributed by atoms with Crippen molar-refractivity contribution in [3.05, 3.63) is 78.5 Å². The molecule has 0 bridgehead atoms. The van der Waals surface area contributed by atoms with Crippen molar-refractivity contribution < 1.29 is 9.72 Å². The summed E-state index contributed by atoms with van der Waals surface area (Å²) in [4.78, 5) is 49.7. The molecule has 0 radical (unpaired) electrons. The van der Waals surface area contributed by atoms with Gasteiger partial charge in [-0.25, -0.2) is 4.79 Å². The predicted octanol–water partition coefficient (Wildman–Crippen LogP) is 2.18. The molecule has 0 saturated carbocycles. The highest BCUT2D eigenvalue weighted by molar-refractivity contribution is 6.06. The summed E-state index contributed by atoms with van der Waals surface area (Å²) >= 11 is 0. The molecule has 2 N–H and O–H groups in total. The van der Waals surface area contributed by atoms with E-state index in [-0.39, 0.29) is 29.0 Å². The van der Waals surface area contributed by atoms with Gasteiger partial charge in [0.25, 0.3) is 17.2 Å². The first-order valence-electron chi connectivity index (χ1n) is 8.15. The lowest BCUT2D eigenvalue weighted by Crippen LogP contribution is -2.34. The number of rotatable bonds is 4. The number of anilines is 1. The maximum Gasteiger partial charge on any atom is 0.328 e. The minimum Gasteiger partial charge on any atom is -0.322 e. The highest BCUT2D eigenvalue weighted by Gasteiger charge is 2.14. The second-order valence-electron chi connectivity index (χ2n) is 5.95. The number of hydrogen-bond donors (Lipinski definition) is 2. The number of benzene rings is 2.